The molecule has 5 heteroatoms. The lowest BCUT2D eigenvalue weighted by Crippen LogP contribution is -2.50. The van der Waals surface area contributed by atoms with E-state index in [1.807, 2.05) is 12.4 Å². The van der Waals surface area contributed by atoms with Crippen molar-refractivity contribution in [3.63, 3.8) is 0 Å². The Morgan fingerprint density at radius 3 is 2.68 bits per heavy atom. The first kappa shape index (κ1) is 12.8. The quantitative estimate of drug-likeness (QED) is 0.849. The van der Waals surface area contributed by atoms with Gasteiger partial charge >= 0.3 is 0 Å². The van der Waals surface area contributed by atoms with Crippen molar-refractivity contribution in [2.75, 3.05) is 44.7 Å². The van der Waals surface area contributed by atoms with Crippen LogP contribution in [0.1, 0.15) is 24.8 Å². The van der Waals surface area contributed by atoms with Gasteiger partial charge in [-0.15, -0.1) is 0 Å². The molecule has 2 aliphatic rings. The molecule has 2 fully saturated rings. The second kappa shape index (κ2) is 5.43. The van der Waals surface area contributed by atoms with Crippen molar-refractivity contribution in [3.8, 4) is 0 Å². The van der Waals surface area contributed by atoms with Gasteiger partial charge in [0.25, 0.3) is 0 Å². The van der Waals surface area contributed by atoms with E-state index in [0.717, 1.165) is 32.1 Å². The summed E-state index contributed by atoms with van der Waals surface area (Å²) in [5, 5.41) is 3.39. The predicted molar refractivity (Wildman–Crippen MR) is 76.6 cm³/mol. The van der Waals surface area contributed by atoms with Crippen molar-refractivity contribution in [1.29, 1.82) is 0 Å². The summed E-state index contributed by atoms with van der Waals surface area (Å²) in [6.07, 6.45) is 5.28. The maximum Gasteiger partial charge on any atom is 0.225 e. The fraction of sp³-hybridized carbons (Fsp3) is 0.714. The summed E-state index contributed by atoms with van der Waals surface area (Å²) >= 11 is 0. The first-order chi connectivity index (χ1) is 9.24. The van der Waals surface area contributed by atoms with Crippen LogP contribution >= 0.6 is 0 Å². The molecule has 1 aromatic heterocycles. The van der Waals surface area contributed by atoms with Crippen LogP contribution in [-0.4, -0.2) is 60.7 Å². The number of anilines is 1. The number of likely N-dealkylation sites (N-methyl/N-ethyl adjacent to an activating group) is 1. The molecule has 2 atom stereocenters. The van der Waals surface area contributed by atoms with Gasteiger partial charge in [0.15, 0.2) is 0 Å². The van der Waals surface area contributed by atoms with Crippen LogP contribution < -0.4 is 10.2 Å². The molecule has 3 rings (SSSR count). The molecule has 0 radical (unpaired) electrons. The molecule has 0 aliphatic carbocycles. The number of likely N-dealkylation sites (tertiary alicyclic amines) is 1. The standard InChI is InChI=1S/C14H23N5/c1-11-7-15-4-6-19(11)14-16-8-13(9-17-14)12-3-5-18(2)10-12/h8-9,11-12,15H,3-7,10H2,1-2H3. The molecule has 104 valence electrons. The van der Waals surface area contributed by atoms with Gasteiger partial charge in [0.2, 0.25) is 5.95 Å². The summed E-state index contributed by atoms with van der Waals surface area (Å²) in [7, 11) is 2.18. The van der Waals surface area contributed by atoms with Gasteiger partial charge in [-0.25, -0.2) is 9.97 Å². The molecule has 1 N–H and O–H groups in total. The van der Waals surface area contributed by atoms with Gasteiger partial charge in [-0.1, -0.05) is 0 Å². The van der Waals surface area contributed by atoms with Crippen LogP contribution in [0.2, 0.25) is 0 Å². The van der Waals surface area contributed by atoms with E-state index in [2.05, 4.69) is 39.1 Å². The third kappa shape index (κ3) is 2.72. The van der Waals surface area contributed by atoms with Crippen LogP contribution in [0, 0.1) is 0 Å². The summed E-state index contributed by atoms with van der Waals surface area (Å²) in [6, 6.07) is 0.470. The fourth-order valence-electron chi connectivity index (χ4n) is 3.04. The normalized spacial score (nSPS) is 28.8. The Kier molecular flexibility index (Phi) is 3.66. The summed E-state index contributed by atoms with van der Waals surface area (Å²) in [5.41, 5.74) is 1.29. The second-order valence-electron chi connectivity index (χ2n) is 5.81. The smallest absolute Gasteiger partial charge is 0.225 e. The SMILES string of the molecule is CC1CNCCN1c1ncc(C2CCN(C)C2)cn1. The molecule has 0 bridgehead atoms. The molecule has 2 saturated heterocycles. The van der Waals surface area contributed by atoms with Crippen LogP contribution in [0.5, 0.6) is 0 Å². The van der Waals surface area contributed by atoms with Gasteiger partial charge in [-0.05, 0) is 32.5 Å². The number of piperazine rings is 1. The van der Waals surface area contributed by atoms with Crippen molar-refractivity contribution in [1.82, 2.24) is 20.2 Å². The summed E-state index contributed by atoms with van der Waals surface area (Å²) < 4.78 is 0. The minimum atomic E-state index is 0.470. The van der Waals surface area contributed by atoms with Crippen LogP contribution in [0.15, 0.2) is 12.4 Å². The van der Waals surface area contributed by atoms with E-state index in [9.17, 15) is 0 Å². The highest BCUT2D eigenvalue weighted by Gasteiger charge is 2.23. The fourth-order valence-corrected chi connectivity index (χ4v) is 3.04. The van der Waals surface area contributed by atoms with Gasteiger partial charge in [0.1, 0.15) is 0 Å². The number of hydrogen-bond donors (Lipinski definition) is 1. The molecule has 2 aliphatic heterocycles. The van der Waals surface area contributed by atoms with Crippen LogP contribution in [0.4, 0.5) is 5.95 Å². The Hall–Kier alpha value is -1.20. The largest absolute Gasteiger partial charge is 0.336 e. The average molecular weight is 261 g/mol. The summed E-state index contributed by atoms with van der Waals surface area (Å²) in [4.78, 5) is 13.8. The Morgan fingerprint density at radius 1 is 1.26 bits per heavy atom. The molecular weight excluding hydrogens is 238 g/mol. The van der Waals surface area contributed by atoms with Crippen molar-refractivity contribution in [2.45, 2.75) is 25.3 Å². The van der Waals surface area contributed by atoms with E-state index in [1.165, 1.54) is 18.5 Å². The van der Waals surface area contributed by atoms with E-state index >= 15 is 0 Å². The zero-order valence-corrected chi connectivity index (χ0v) is 11.8. The monoisotopic (exact) mass is 261 g/mol. The Balaban J connectivity index is 1.71. The molecule has 5 nitrogen and oxygen atoms in total. The molecule has 3 heterocycles. The van der Waals surface area contributed by atoms with Crippen molar-refractivity contribution >= 4 is 5.95 Å². The molecular formula is C14H23N5. The molecule has 0 aromatic carbocycles. The van der Waals surface area contributed by atoms with Gasteiger partial charge in [-0.3, -0.25) is 0 Å². The lowest BCUT2D eigenvalue weighted by Gasteiger charge is -2.33. The summed E-state index contributed by atoms with van der Waals surface area (Å²) in [5.74, 6) is 1.49. The molecule has 0 amide bonds. The van der Waals surface area contributed by atoms with Crippen LogP contribution in [-0.2, 0) is 0 Å². The third-order valence-corrected chi connectivity index (χ3v) is 4.28. The molecule has 1 aromatic rings. The zero-order chi connectivity index (χ0) is 13.2. The minimum absolute atomic E-state index is 0.470. The zero-order valence-electron chi connectivity index (χ0n) is 11.8. The van der Waals surface area contributed by atoms with Gasteiger partial charge in [0, 0.05) is 50.5 Å². The maximum atomic E-state index is 4.59. The minimum Gasteiger partial charge on any atom is -0.336 e. The maximum absolute atomic E-state index is 4.59. The Bertz CT molecular complexity index is 418. The van der Waals surface area contributed by atoms with Crippen LogP contribution in [0.25, 0.3) is 0 Å². The highest BCUT2D eigenvalue weighted by molar-refractivity contribution is 5.33. The first-order valence-corrected chi connectivity index (χ1v) is 7.22. The molecule has 0 spiro atoms. The van der Waals surface area contributed by atoms with E-state index < -0.39 is 0 Å². The third-order valence-electron chi connectivity index (χ3n) is 4.28. The molecule has 2 unspecified atom stereocenters. The van der Waals surface area contributed by atoms with E-state index in [1.54, 1.807) is 0 Å². The van der Waals surface area contributed by atoms with Gasteiger partial charge < -0.3 is 15.1 Å². The van der Waals surface area contributed by atoms with Crippen molar-refractivity contribution in [2.24, 2.45) is 0 Å². The lowest BCUT2D eigenvalue weighted by atomic mass is 10.0. The van der Waals surface area contributed by atoms with E-state index in [4.69, 9.17) is 0 Å². The Morgan fingerprint density at radius 2 is 2.05 bits per heavy atom. The molecule has 0 saturated carbocycles. The predicted octanol–water partition coefficient (Wildman–Crippen LogP) is 0.694. The molecule has 19 heavy (non-hydrogen) atoms. The van der Waals surface area contributed by atoms with Crippen molar-refractivity contribution < 1.29 is 0 Å². The second-order valence-corrected chi connectivity index (χ2v) is 5.81. The number of nitrogens with zero attached hydrogens (tertiary/aromatic N) is 4. The lowest BCUT2D eigenvalue weighted by molar-refractivity contribution is 0.411. The van der Waals surface area contributed by atoms with E-state index in [-0.39, 0.29) is 0 Å². The number of rotatable bonds is 2. The Labute approximate surface area is 115 Å². The topological polar surface area (TPSA) is 44.3 Å². The van der Waals surface area contributed by atoms with E-state index in [0.29, 0.717) is 12.0 Å². The van der Waals surface area contributed by atoms with Gasteiger partial charge in [-0.2, -0.15) is 0 Å². The van der Waals surface area contributed by atoms with Crippen molar-refractivity contribution in [3.05, 3.63) is 18.0 Å². The van der Waals surface area contributed by atoms with Crippen LogP contribution in [0.3, 0.4) is 0 Å². The highest BCUT2D eigenvalue weighted by Crippen LogP contribution is 2.25. The average Bonchev–Trinajstić information content (AvgIpc) is 2.86. The highest BCUT2D eigenvalue weighted by atomic mass is 15.3. The number of aromatic nitrogens is 2. The first-order valence-electron chi connectivity index (χ1n) is 7.22. The number of nitrogens with one attached hydrogen (secondary N) is 1. The van der Waals surface area contributed by atoms with Gasteiger partial charge in [0.05, 0.1) is 0 Å². The number of hydrogen-bond acceptors (Lipinski definition) is 5. The summed E-state index contributed by atoms with van der Waals surface area (Å²) in [6.45, 7) is 7.55.